The van der Waals surface area contributed by atoms with Crippen LogP contribution in [0.1, 0.15) is 34.6 Å². The number of rotatable bonds is 22. The van der Waals surface area contributed by atoms with Crippen LogP contribution in [0.5, 0.6) is 11.5 Å². The minimum Gasteiger partial charge on any atom is -0.494 e. The number of anilines is 8. The van der Waals surface area contributed by atoms with Gasteiger partial charge in [-0.15, -0.1) is 0 Å². The van der Waals surface area contributed by atoms with Crippen molar-refractivity contribution in [3.63, 3.8) is 0 Å². The maximum absolute atomic E-state index is 13.1. The summed E-state index contributed by atoms with van der Waals surface area (Å²) in [5, 5.41) is 17.0. The first-order valence-corrected chi connectivity index (χ1v) is 32.2. The number of amides is 1. The Morgan fingerprint density at radius 3 is 1.44 bits per heavy atom. The van der Waals surface area contributed by atoms with E-state index in [-0.39, 0.29) is 11.9 Å². The van der Waals surface area contributed by atoms with Crippen molar-refractivity contribution in [3.05, 3.63) is 122 Å². The van der Waals surface area contributed by atoms with Crippen molar-refractivity contribution in [3.8, 4) is 40.1 Å². The topological polar surface area (TPSA) is 318 Å². The monoisotopic (exact) mass is 1270 g/mol. The van der Waals surface area contributed by atoms with Crippen LogP contribution in [-0.4, -0.2) is 173 Å². The molecule has 25 nitrogen and oxygen atoms in total. The van der Waals surface area contributed by atoms with Gasteiger partial charge in [0, 0.05) is 106 Å². The number of fused-ring (bicyclic) bond motifs is 2. The third-order valence-electron chi connectivity index (χ3n) is 13.1. The maximum Gasteiger partial charge on any atom is 0.261 e. The summed E-state index contributed by atoms with van der Waals surface area (Å²) in [6.07, 6.45) is 8.39. The van der Waals surface area contributed by atoms with Gasteiger partial charge in [-0.2, -0.15) is 13.7 Å². The Morgan fingerprint density at radius 2 is 1.06 bits per heavy atom. The molecule has 0 unspecified atom stereocenters. The zero-order valence-electron chi connectivity index (χ0n) is 52.0. The summed E-state index contributed by atoms with van der Waals surface area (Å²) in [6, 6.07) is 27.2. The fraction of sp³-hybridized carbons (Fsp3) is 0.333. The Morgan fingerprint density at radius 1 is 0.670 bits per heavy atom. The van der Waals surface area contributed by atoms with Crippen molar-refractivity contribution in [2.45, 2.75) is 45.1 Å². The first kappa shape index (κ1) is 69.9. The average Bonchev–Trinajstić information content (AvgIpc) is 2.07. The smallest absolute Gasteiger partial charge is 0.261 e. The summed E-state index contributed by atoms with van der Waals surface area (Å²) in [7, 11) is 4.31. The standard InChI is InChI=1S/C30H37N7O4S.C27H35N7O3S.C2H3N.CH4O3S/c1-8-29(38)32-24-17-25(28(41-7)18-27(24)36(6)16-15-35(4)5)34-30-31-14-13-23(33-30)22-19-37(42(39,40)20(2)3)26-12-10-9-11-21(22)26;1-18(2)38(35,36)34-17-20(19-9-7-8-10-24(19)34)22-11-12-29-27(30-22)31-23-15-21(28)25(16-26(23)37-6)33(5)14-13-32(3)4;1-2-3;1-5(2,3)4/h8-14,17-20H,1,15-16H2,2-7H3,(H,32,38)(H,31,33,34);7-12,15-18H,13-14,28H2,1-6H3,(H,29,30,31);1H3;1H3,(H,2,3,4). The molecule has 0 saturated carbocycles. The van der Waals surface area contributed by atoms with Gasteiger partial charge >= 0.3 is 0 Å². The number of nitrogens with zero attached hydrogens (tertiary/aromatic N) is 11. The maximum atomic E-state index is 13.1. The predicted molar refractivity (Wildman–Crippen MR) is 353 cm³/mol. The molecule has 0 aliphatic rings. The van der Waals surface area contributed by atoms with E-state index in [4.69, 9.17) is 35.0 Å². The van der Waals surface area contributed by atoms with E-state index < -0.39 is 40.7 Å². The number of methoxy groups -OCH3 is 2. The highest BCUT2D eigenvalue weighted by Gasteiger charge is 2.26. The Balaban J connectivity index is 0.000000287. The number of nitriles is 1. The second-order valence-corrected chi connectivity index (χ2v) is 27.2. The van der Waals surface area contributed by atoms with Crippen molar-refractivity contribution in [2.24, 2.45) is 0 Å². The third kappa shape index (κ3) is 18.1. The lowest BCUT2D eigenvalue weighted by atomic mass is 10.1. The van der Waals surface area contributed by atoms with Crippen LogP contribution in [0.2, 0.25) is 0 Å². The number of aromatic nitrogens is 6. The molecule has 1 amide bonds. The highest BCUT2D eigenvalue weighted by Crippen LogP contribution is 2.40. The van der Waals surface area contributed by atoms with Crippen LogP contribution in [0.15, 0.2) is 122 Å². The van der Waals surface area contributed by atoms with Crippen molar-refractivity contribution < 1.29 is 44.1 Å². The lowest BCUT2D eigenvalue weighted by Crippen LogP contribution is -2.29. The van der Waals surface area contributed by atoms with Crippen LogP contribution < -0.4 is 41.0 Å². The molecule has 0 bridgehead atoms. The molecule has 472 valence electrons. The lowest BCUT2D eigenvalue weighted by molar-refractivity contribution is -0.111. The van der Waals surface area contributed by atoms with E-state index in [1.54, 1.807) is 109 Å². The second kappa shape index (κ2) is 30.7. The highest BCUT2D eigenvalue weighted by atomic mass is 32.2. The molecule has 0 radical (unpaired) electrons. The number of nitrogens with one attached hydrogen (secondary N) is 3. The minimum absolute atomic E-state index is 0.268. The summed E-state index contributed by atoms with van der Waals surface area (Å²) in [4.78, 5) is 38.8. The SMILES string of the molecule is C=CC(=O)Nc1cc(Nc2nccc(-c3cn(S(=O)(=O)C(C)C)c4ccccc34)n2)c(OC)cc1N(C)CCN(C)C.CC#N.COc1cc(N(C)CCN(C)C)c(N)cc1Nc1nccc(-c2cn(S(=O)(=O)C(C)C)c3ccccc23)n1.CS(=O)(=O)O. The van der Waals surface area contributed by atoms with Crippen LogP contribution in [0.25, 0.3) is 44.3 Å². The Kier molecular flexibility index (Phi) is 24.4. The summed E-state index contributed by atoms with van der Waals surface area (Å²) < 4.78 is 92.2. The Bertz CT molecular complexity index is 4120. The molecule has 8 aromatic rings. The van der Waals surface area contributed by atoms with E-state index in [0.29, 0.717) is 86.5 Å². The van der Waals surface area contributed by atoms with Gasteiger partial charge in [-0.05, 0) is 98.4 Å². The van der Waals surface area contributed by atoms with Crippen LogP contribution in [0, 0.1) is 11.3 Å². The fourth-order valence-electron chi connectivity index (χ4n) is 8.52. The number of hydrogen-bond acceptors (Lipinski definition) is 21. The number of likely N-dealkylation sites (N-methyl/N-ethyl adjacent to an activating group) is 4. The number of carbonyl (C=O) groups excluding carboxylic acids is 1. The summed E-state index contributed by atoms with van der Waals surface area (Å²) in [6.45, 7) is 14.9. The van der Waals surface area contributed by atoms with E-state index in [2.05, 4.69) is 47.2 Å². The largest absolute Gasteiger partial charge is 0.494 e. The number of benzene rings is 4. The van der Waals surface area contributed by atoms with Crippen molar-refractivity contribution in [1.82, 2.24) is 37.7 Å². The van der Waals surface area contributed by atoms with Gasteiger partial charge in [-0.3, -0.25) is 9.35 Å². The molecule has 4 aromatic carbocycles. The lowest BCUT2D eigenvalue weighted by Gasteiger charge is -2.26. The molecular formula is C60H79N15O10S3. The molecule has 0 atom stereocenters. The van der Waals surface area contributed by atoms with E-state index in [0.717, 1.165) is 41.8 Å². The first-order valence-electron chi connectivity index (χ1n) is 27.4. The zero-order valence-corrected chi connectivity index (χ0v) is 54.5. The van der Waals surface area contributed by atoms with Gasteiger partial charge in [0.25, 0.3) is 10.1 Å². The van der Waals surface area contributed by atoms with Gasteiger partial charge in [0.15, 0.2) is 0 Å². The molecule has 6 N–H and O–H groups in total. The van der Waals surface area contributed by atoms with Gasteiger partial charge in [-0.25, -0.2) is 44.7 Å². The normalized spacial score (nSPS) is 11.4. The molecule has 28 heteroatoms. The van der Waals surface area contributed by atoms with Gasteiger partial charge in [-0.1, -0.05) is 43.0 Å². The van der Waals surface area contributed by atoms with Crippen molar-refractivity contribution in [1.29, 1.82) is 5.26 Å². The second-order valence-electron chi connectivity index (χ2n) is 21.0. The summed E-state index contributed by atoms with van der Waals surface area (Å²) >= 11 is 0. The molecule has 4 aromatic heterocycles. The average molecular weight is 1270 g/mol. The van der Waals surface area contributed by atoms with Crippen molar-refractivity contribution in [2.75, 3.05) is 120 Å². The molecule has 0 saturated heterocycles. The fourth-order valence-corrected chi connectivity index (χ4v) is 10.8. The number of para-hydroxylation sites is 2. The molecule has 0 spiro atoms. The Hall–Kier alpha value is -8.85. The van der Waals surface area contributed by atoms with Gasteiger partial charge in [0.05, 0.1) is 93.6 Å². The molecule has 8 rings (SSSR count). The number of ether oxygens (including phenoxy) is 2. The van der Waals surface area contributed by atoms with Crippen LogP contribution in [0.4, 0.5) is 46.0 Å². The van der Waals surface area contributed by atoms with Crippen LogP contribution >= 0.6 is 0 Å². The van der Waals surface area contributed by atoms with E-state index >= 15 is 0 Å². The third-order valence-corrected chi connectivity index (χ3v) is 17.2. The van der Waals surface area contributed by atoms with Gasteiger partial charge in [0.1, 0.15) is 11.5 Å². The van der Waals surface area contributed by atoms with Crippen LogP contribution in [0.3, 0.4) is 0 Å². The van der Waals surface area contributed by atoms with Crippen LogP contribution in [-0.2, 0) is 35.0 Å². The summed E-state index contributed by atoms with van der Waals surface area (Å²) in [5.41, 5.74) is 14.0. The molecular weight excluding hydrogens is 1190 g/mol. The van der Waals surface area contributed by atoms with E-state index in [1.165, 1.54) is 20.9 Å². The molecule has 4 heterocycles. The molecule has 0 aliphatic heterocycles. The quantitative estimate of drug-likeness (QED) is 0.0241. The zero-order chi connectivity index (χ0) is 65.4. The molecule has 0 aliphatic carbocycles. The number of carbonyl (C=O) groups is 1. The molecule has 88 heavy (non-hydrogen) atoms. The highest BCUT2D eigenvalue weighted by molar-refractivity contribution is 7.91. The number of nitrogen functional groups attached to an aromatic ring is 1. The molecule has 0 fully saturated rings. The van der Waals surface area contributed by atoms with E-state index in [9.17, 15) is 30.0 Å². The van der Waals surface area contributed by atoms with Gasteiger partial charge < -0.3 is 50.8 Å². The number of nitrogens with two attached hydrogens (primary N) is 1. The van der Waals surface area contributed by atoms with Gasteiger partial charge in [0.2, 0.25) is 37.9 Å². The number of hydrogen-bond donors (Lipinski definition) is 5. The summed E-state index contributed by atoms with van der Waals surface area (Å²) in [5.74, 6) is 1.37. The minimum atomic E-state index is -3.67. The van der Waals surface area contributed by atoms with E-state index in [1.807, 2.05) is 95.7 Å². The van der Waals surface area contributed by atoms with Crippen molar-refractivity contribution >= 4 is 104 Å². The predicted octanol–water partition coefficient (Wildman–Crippen LogP) is 8.61. The first-order chi connectivity index (χ1) is 41.4. The Labute approximate surface area is 516 Å².